The molecule has 0 aliphatic heterocycles. The first kappa shape index (κ1) is 50.2. The molecule has 0 fully saturated rings. The van der Waals surface area contributed by atoms with Gasteiger partial charge < -0.3 is 14.0 Å². The second-order valence-electron chi connectivity index (χ2n) is 13.6. The van der Waals surface area contributed by atoms with Gasteiger partial charge in [0.2, 0.25) is 0 Å². The zero-order valence-corrected chi connectivity index (χ0v) is 36.5. The fourth-order valence-electron chi connectivity index (χ4n) is 6.03. The van der Waals surface area contributed by atoms with Crippen molar-refractivity contribution in [1.82, 2.24) is 0 Å². The molecule has 0 saturated carbocycles. The monoisotopic (exact) mass is 756 g/mol. The molecule has 51 heavy (non-hydrogen) atoms. The summed E-state index contributed by atoms with van der Waals surface area (Å²) in [5.41, 5.74) is -0.853. The number of carbonyl (C=O) groups is 2. The molecule has 0 amide bonds. The van der Waals surface area contributed by atoms with Crippen LogP contribution in [0.3, 0.4) is 0 Å². The molecule has 9 heteroatoms. The zero-order chi connectivity index (χ0) is 36.5. The Hall–Kier alpha value is -0.814. The second kappa shape index (κ2) is 34.9. The van der Waals surface area contributed by atoms with Crippen molar-refractivity contribution in [1.29, 1.82) is 0 Å². The number of ether oxygens (including phenoxy) is 2. The van der Waals surface area contributed by atoms with Crippen molar-refractivity contribution in [2.75, 3.05) is 13.2 Å². The molecule has 0 atom stereocenters. The Morgan fingerprint density at radius 3 is 1.29 bits per heavy atom. The van der Waals surface area contributed by atoms with Crippen LogP contribution in [0.4, 0.5) is 0 Å². The molecule has 0 spiro atoms. The fraction of sp³-hybridized carbons (Fsp3) is 0.714. The second-order valence-corrected chi connectivity index (χ2v) is 14.9. The van der Waals surface area contributed by atoms with Crippen LogP contribution in [0.25, 0.3) is 0 Å². The molecule has 0 N–H and O–H groups in total. The molecule has 1 aromatic carbocycles. The summed E-state index contributed by atoms with van der Waals surface area (Å²) in [6.45, 7) is 4.56. The van der Waals surface area contributed by atoms with E-state index in [1.807, 2.05) is 12.2 Å². The van der Waals surface area contributed by atoms with Gasteiger partial charge in [-0.2, -0.15) is 0 Å². The van der Waals surface area contributed by atoms with Crippen molar-refractivity contribution in [2.24, 2.45) is 0 Å². The minimum absolute atomic E-state index is 0. The predicted octanol–water partition coefficient (Wildman–Crippen LogP) is 9.20. The van der Waals surface area contributed by atoms with Crippen LogP contribution in [0.2, 0.25) is 0 Å². The molecule has 0 aliphatic carbocycles. The van der Waals surface area contributed by atoms with Gasteiger partial charge in [-0.3, -0.25) is 0 Å². The van der Waals surface area contributed by atoms with Crippen molar-refractivity contribution in [3.63, 3.8) is 0 Å². The Kier molecular flexibility index (Phi) is 34.4. The third-order valence-corrected chi connectivity index (χ3v) is 9.92. The van der Waals surface area contributed by atoms with E-state index in [1.54, 1.807) is 0 Å². The minimum Gasteiger partial charge on any atom is -0.744 e. The number of rotatable bonds is 33. The van der Waals surface area contributed by atoms with Gasteiger partial charge in [-0.05, 0) is 50.7 Å². The van der Waals surface area contributed by atoms with Crippen LogP contribution in [-0.4, -0.2) is 38.1 Å². The summed E-state index contributed by atoms with van der Waals surface area (Å²) >= 11 is 0. The molecular formula is C42H69KO7S. The molecule has 0 aliphatic rings. The Balaban J connectivity index is 0.0000250. The molecular weight excluding hydrogens is 688 g/mol. The van der Waals surface area contributed by atoms with E-state index < -0.39 is 32.5 Å². The minimum atomic E-state index is -5.03. The first-order chi connectivity index (χ1) is 24.3. The van der Waals surface area contributed by atoms with Crippen LogP contribution in [0.5, 0.6) is 0 Å². The smallest absolute Gasteiger partial charge is 0.744 e. The first-order valence-electron chi connectivity index (χ1n) is 20.1. The molecule has 0 aromatic heterocycles. The van der Waals surface area contributed by atoms with E-state index in [1.165, 1.54) is 141 Å². The number of hydrogen-bond donors (Lipinski definition) is 0. The Bertz CT molecular complexity index is 1180. The number of benzene rings is 1. The van der Waals surface area contributed by atoms with Gasteiger partial charge in [-0.15, -0.1) is 0 Å². The maximum atomic E-state index is 12.9. The molecule has 0 bridgehead atoms. The molecule has 1 aromatic rings. The average Bonchev–Trinajstić information content (AvgIpc) is 3.10. The largest absolute Gasteiger partial charge is 1.00 e. The number of unbranched alkanes of at least 4 members (excludes halogenated alkanes) is 22. The summed E-state index contributed by atoms with van der Waals surface area (Å²) in [6.07, 6.45) is 39.5. The normalized spacial score (nSPS) is 11.7. The van der Waals surface area contributed by atoms with E-state index in [2.05, 4.69) is 26.0 Å². The van der Waals surface area contributed by atoms with Crippen molar-refractivity contribution in [3.8, 4) is 0 Å². The molecule has 0 unspecified atom stereocenters. The summed E-state index contributed by atoms with van der Waals surface area (Å²) < 4.78 is 46.4. The maximum absolute atomic E-state index is 12.9. The van der Waals surface area contributed by atoms with Gasteiger partial charge in [0.25, 0.3) is 0 Å². The standard InChI is InChI=1S/C42H70O7S.K/c1-3-5-7-9-11-13-15-17-19-21-23-25-27-29-31-36-48-41(43)38-34-33-35-39(50(45,46)47)40(38)42(44)49-37-32-30-28-26-24-22-20-18-16-14-12-10-8-6-4-2;/h27-30,33-35H,3-26,31-32,36-37H2,1-2H3,(H,45,46,47);/q;+1/p-1/b29-27+,30-28+;. The third kappa shape index (κ3) is 27.4. The van der Waals surface area contributed by atoms with Crippen LogP contribution >= 0.6 is 0 Å². The van der Waals surface area contributed by atoms with Gasteiger partial charge in [0.15, 0.2) is 0 Å². The number of allylic oxidation sites excluding steroid dienone is 2. The zero-order valence-electron chi connectivity index (χ0n) is 32.6. The summed E-state index contributed by atoms with van der Waals surface area (Å²) in [6, 6.07) is 3.55. The van der Waals surface area contributed by atoms with Crippen molar-refractivity contribution in [3.05, 3.63) is 53.6 Å². The fourth-order valence-corrected chi connectivity index (χ4v) is 6.72. The third-order valence-electron chi connectivity index (χ3n) is 9.04. The van der Waals surface area contributed by atoms with Gasteiger partial charge in [0.05, 0.1) is 29.2 Å². The van der Waals surface area contributed by atoms with Gasteiger partial charge in [0.1, 0.15) is 10.1 Å². The Labute approximate surface area is 354 Å². The molecule has 0 radical (unpaired) electrons. The van der Waals surface area contributed by atoms with E-state index in [0.717, 1.165) is 31.7 Å². The van der Waals surface area contributed by atoms with Gasteiger partial charge in [-0.1, -0.05) is 173 Å². The number of carbonyl (C=O) groups excluding carboxylic acids is 2. The molecule has 286 valence electrons. The van der Waals surface area contributed by atoms with Crippen LogP contribution in [0, 0.1) is 0 Å². The van der Waals surface area contributed by atoms with Crippen molar-refractivity contribution >= 4 is 22.1 Å². The first-order valence-corrected chi connectivity index (χ1v) is 21.5. The molecule has 7 nitrogen and oxygen atoms in total. The van der Waals surface area contributed by atoms with E-state index in [4.69, 9.17) is 9.47 Å². The van der Waals surface area contributed by atoms with Crippen molar-refractivity contribution < 1.29 is 83.4 Å². The quantitative estimate of drug-likeness (QED) is 0.0231. The summed E-state index contributed by atoms with van der Waals surface area (Å²) in [4.78, 5) is 25.0. The van der Waals surface area contributed by atoms with Gasteiger partial charge >= 0.3 is 63.3 Å². The van der Waals surface area contributed by atoms with Gasteiger partial charge in [-0.25, -0.2) is 18.0 Å². The van der Waals surface area contributed by atoms with E-state index in [0.29, 0.717) is 12.8 Å². The summed E-state index contributed by atoms with van der Waals surface area (Å²) in [7, 11) is -5.03. The Morgan fingerprint density at radius 1 is 0.549 bits per heavy atom. The molecule has 0 heterocycles. The van der Waals surface area contributed by atoms with Crippen LogP contribution < -0.4 is 51.4 Å². The van der Waals surface area contributed by atoms with E-state index in [9.17, 15) is 22.6 Å². The Morgan fingerprint density at radius 2 is 0.902 bits per heavy atom. The van der Waals surface area contributed by atoms with Crippen molar-refractivity contribution in [2.45, 2.75) is 186 Å². The summed E-state index contributed by atoms with van der Waals surface area (Å²) in [5.74, 6) is -1.90. The topological polar surface area (TPSA) is 110 Å². The van der Waals surface area contributed by atoms with Gasteiger partial charge in [0, 0.05) is 0 Å². The van der Waals surface area contributed by atoms with Crippen LogP contribution in [0.1, 0.15) is 202 Å². The summed E-state index contributed by atoms with van der Waals surface area (Å²) in [5, 5.41) is 0. The number of esters is 2. The van der Waals surface area contributed by atoms with Crippen LogP contribution in [0.15, 0.2) is 47.4 Å². The number of hydrogen-bond acceptors (Lipinski definition) is 7. The van der Waals surface area contributed by atoms with E-state index >= 15 is 0 Å². The van der Waals surface area contributed by atoms with E-state index in [-0.39, 0.29) is 70.2 Å². The predicted molar refractivity (Wildman–Crippen MR) is 205 cm³/mol. The maximum Gasteiger partial charge on any atom is 1.00 e. The molecule has 1 rings (SSSR count). The molecule has 0 saturated heterocycles. The average molecular weight is 757 g/mol. The SMILES string of the molecule is CCCCCCCCCCCCC/C=C/CCOC(=O)c1cccc(S(=O)(=O)[O-])c1C(=O)OCC/C=C/CCCCCCCCCCCCC.[K+]. The van der Waals surface area contributed by atoms with Crippen LogP contribution in [-0.2, 0) is 19.6 Å².